The number of hydrogen-bond acceptors (Lipinski definition) is 5. The van der Waals surface area contributed by atoms with Crippen LogP contribution in [-0.4, -0.2) is 51.5 Å². The number of anilines is 1. The lowest BCUT2D eigenvalue weighted by Crippen LogP contribution is -2.40. The Morgan fingerprint density at radius 2 is 2.15 bits per heavy atom. The summed E-state index contributed by atoms with van der Waals surface area (Å²) < 4.78 is 10.5. The molecule has 1 aromatic heterocycles. The van der Waals surface area contributed by atoms with E-state index in [0.29, 0.717) is 13.2 Å². The zero-order valence-corrected chi connectivity index (χ0v) is 13.1. The van der Waals surface area contributed by atoms with E-state index in [9.17, 15) is 0 Å². The van der Waals surface area contributed by atoms with Gasteiger partial charge >= 0.3 is 0 Å². The van der Waals surface area contributed by atoms with E-state index < -0.39 is 0 Å². The van der Waals surface area contributed by atoms with Gasteiger partial charge in [0.15, 0.2) is 0 Å². The summed E-state index contributed by atoms with van der Waals surface area (Å²) in [6.45, 7) is 8.16. The van der Waals surface area contributed by atoms with Gasteiger partial charge in [-0.2, -0.15) is 0 Å². The first-order valence-electron chi connectivity index (χ1n) is 7.13. The Balaban J connectivity index is 2.92. The summed E-state index contributed by atoms with van der Waals surface area (Å²) in [5, 5.41) is 3.36. The highest BCUT2D eigenvalue weighted by molar-refractivity contribution is 5.47. The summed E-state index contributed by atoms with van der Waals surface area (Å²) in [5.74, 6) is 1.01. The van der Waals surface area contributed by atoms with E-state index in [-0.39, 0.29) is 6.04 Å². The molecule has 114 valence electrons. The van der Waals surface area contributed by atoms with E-state index in [1.54, 1.807) is 14.2 Å². The molecule has 0 spiro atoms. The fourth-order valence-corrected chi connectivity index (χ4v) is 2.14. The molecule has 0 saturated heterocycles. The zero-order valence-electron chi connectivity index (χ0n) is 13.1. The van der Waals surface area contributed by atoms with E-state index in [1.165, 1.54) is 5.56 Å². The van der Waals surface area contributed by atoms with Crippen molar-refractivity contribution >= 4 is 5.82 Å². The Hall–Kier alpha value is -1.17. The molecule has 0 radical (unpaired) electrons. The number of aromatic nitrogens is 1. The molecule has 0 bridgehead atoms. The number of nitrogens with zero attached hydrogens (tertiary/aromatic N) is 2. The van der Waals surface area contributed by atoms with Gasteiger partial charge in [0.25, 0.3) is 0 Å². The molecule has 0 aliphatic carbocycles. The molecule has 0 fully saturated rings. The van der Waals surface area contributed by atoms with Crippen LogP contribution in [0.1, 0.15) is 19.4 Å². The Morgan fingerprint density at radius 1 is 1.35 bits per heavy atom. The van der Waals surface area contributed by atoms with E-state index in [0.717, 1.165) is 25.5 Å². The van der Waals surface area contributed by atoms with Gasteiger partial charge in [-0.25, -0.2) is 4.98 Å². The molecule has 5 heteroatoms. The minimum absolute atomic E-state index is 0.255. The third-order valence-electron chi connectivity index (χ3n) is 3.18. The van der Waals surface area contributed by atoms with E-state index in [2.05, 4.69) is 35.1 Å². The average Bonchev–Trinajstić information content (AvgIpc) is 2.47. The Morgan fingerprint density at radius 3 is 2.80 bits per heavy atom. The number of rotatable bonds is 10. The minimum Gasteiger partial charge on any atom is -0.383 e. The summed E-state index contributed by atoms with van der Waals surface area (Å²) in [6.07, 6.45) is 1.84. The summed E-state index contributed by atoms with van der Waals surface area (Å²) in [7, 11) is 3.44. The van der Waals surface area contributed by atoms with Crippen molar-refractivity contribution in [1.29, 1.82) is 0 Å². The predicted octanol–water partition coefficient (Wildman–Crippen LogP) is 1.68. The fourth-order valence-electron chi connectivity index (χ4n) is 2.14. The van der Waals surface area contributed by atoms with Crippen LogP contribution in [0.4, 0.5) is 5.82 Å². The van der Waals surface area contributed by atoms with Crippen molar-refractivity contribution in [1.82, 2.24) is 10.3 Å². The molecule has 0 aromatic carbocycles. The maximum atomic E-state index is 5.28. The lowest BCUT2D eigenvalue weighted by molar-refractivity contribution is 0.170. The van der Waals surface area contributed by atoms with Crippen molar-refractivity contribution in [3.8, 4) is 0 Å². The first-order valence-corrected chi connectivity index (χ1v) is 7.13. The second kappa shape index (κ2) is 9.69. The van der Waals surface area contributed by atoms with E-state index in [4.69, 9.17) is 9.47 Å². The van der Waals surface area contributed by atoms with Crippen molar-refractivity contribution in [3.05, 3.63) is 23.9 Å². The first-order chi connectivity index (χ1) is 9.74. The van der Waals surface area contributed by atoms with Crippen molar-refractivity contribution in [2.45, 2.75) is 26.4 Å². The van der Waals surface area contributed by atoms with Crippen LogP contribution >= 0.6 is 0 Å². The predicted molar refractivity (Wildman–Crippen MR) is 82.2 cm³/mol. The highest BCUT2D eigenvalue weighted by atomic mass is 16.5. The quantitative estimate of drug-likeness (QED) is 0.707. The normalized spacial score (nSPS) is 12.4. The second-order valence-corrected chi connectivity index (χ2v) is 4.76. The van der Waals surface area contributed by atoms with E-state index in [1.807, 2.05) is 12.3 Å². The van der Waals surface area contributed by atoms with Crippen LogP contribution in [-0.2, 0) is 16.0 Å². The van der Waals surface area contributed by atoms with Crippen LogP contribution in [0.25, 0.3) is 0 Å². The van der Waals surface area contributed by atoms with Crippen LogP contribution in [0.15, 0.2) is 18.3 Å². The van der Waals surface area contributed by atoms with Crippen LogP contribution in [0.5, 0.6) is 0 Å². The smallest absolute Gasteiger partial charge is 0.133 e. The molecule has 0 saturated carbocycles. The standard InChI is InChI=1S/C15H27N3O2/c1-5-16-11-14-7-6-8-17-15(14)18(9-10-19-3)13(2)12-20-4/h6-8,13,16H,5,9-12H2,1-4H3. The topological polar surface area (TPSA) is 46.6 Å². The van der Waals surface area contributed by atoms with Crippen molar-refractivity contribution in [2.75, 3.05) is 45.4 Å². The van der Waals surface area contributed by atoms with Gasteiger partial charge in [0.2, 0.25) is 0 Å². The van der Waals surface area contributed by atoms with Gasteiger partial charge in [-0.15, -0.1) is 0 Å². The monoisotopic (exact) mass is 281 g/mol. The summed E-state index contributed by atoms with van der Waals surface area (Å²) in [5.41, 5.74) is 1.20. The van der Waals surface area contributed by atoms with Gasteiger partial charge < -0.3 is 19.7 Å². The third-order valence-corrected chi connectivity index (χ3v) is 3.18. The minimum atomic E-state index is 0.255. The molecule has 5 nitrogen and oxygen atoms in total. The molecule has 20 heavy (non-hydrogen) atoms. The second-order valence-electron chi connectivity index (χ2n) is 4.76. The lowest BCUT2D eigenvalue weighted by Gasteiger charge is -2.31. The van der Waals surface area contributed by atoms with Gasteiger partial charge in [0.1, 0.15) is 5.82 Å². The molecule has 0 aliphatic heterocycles. The van der Waals surface area contributed by atoms with Crippen molar-refractivity contribution in [2.24, 2.45) is 0 Å². The summed E-state index contributed by atoms with van der Waals surface area (Å²) >= 11 is 0. The molecule has 0 amide bonds. The van der Waals surface area contributed by atoms with Crippen LogP contribution in [0, 0.1) is 0 Å². The number of methoxy groups -OCH3 is 2. The van der Waals surface area contributed by atoms with Crippen LogP contribution in [0.3, 0.4) is 0 Å². The maximum Gasteiger partial charge on any atom is 0.133 e. The molecule has 1 N–H and O–H groups in total. The Labute approximate surface area is 122 Å². The molecular weight excluding hydrogens is 254 g/mol. The van der Waals surface area contributed by atoms with Crippen molar-refractivity contribution in [3.63, 3.8) is 0 Å². The molecular formula is C15H27N3O2. The molecule has 1 rings (SSSR count). The molecule has 1 atom stereocenters. The molecule has 1 heterocycles. The lowest BCUT2D eigenvalue weighted by atomic mass is 10.2. The number of hydrogen-bond donors (Lipinski definition) is 1. The first kappa shape index (κ1) is 16.9. The Kier molecular flexibility index (Phi) is 8.18. The number of nitrogens with one attached hydrogen (secondary N) is 1. The van der Waals surface area contributed by atoms with Crippen LogP contribution in [0.2, 0.25) is 0 Å². The van der Waals surface area contributed by atoms with Gasteiger partial charge in [-0.3, -0.25) is 0 Å². The average molecular weight is 281 g/mol. The van der Waals surface area contributed by atoms with E-state index >= 15 is 0 Å². The largest absolute Gasteiger partial charge is 0.383 e. The van der Waals surface area contributed by atoms with Gasteiger partial charge in [0, 0.05) is 39.1 Å². The highest BCUT2D eigenvalue weighted by Gasteiger charge is 2.18. The van der Waals surface area contributed by atoms with Crippen molar-refractivity contribution < 1.29 is 9.47 Å². The zero-order chi connectivity index (χ0) is 14.8. The molecule has 1 unspecified atom stereocenters. The highest BCUT2D eigenvalue weighted by Crippen LogP contribution is 2.19. The third kappa shape index (κ3) is 5.07. The molecule has 0 aliphatic rings. The summed E-state index contributed by atoms with van der Waals surface area (Å²) in [6, 6.07) is 4.35. The van der Waals surface area contributed by atoms with Gasteiger partial charge in [-0.1, -0.05) is 13.0 Å². The van der Waals surface area contributed by atoms with Crippen LogP contribution < -0.4 is 10.2 Å². The fraction of sp³-hybridized carbons (Fsp3) is 0.667. The number of pyridine rings is 1. The molecule has 1 aromatic rings. The summed E-state index contributed by atoms with van der Waals surface area (Å²) in [4.78, 5) is 6.81. The van der Waals surface area contributed by atoms with Gasteiger partial charge in [-0.05, 0) is 19.5 Å². The Bertz CT molecular complexity index is 374. The number of ether oxygens (including phenoxy) is 2. The maximum absolute atomic E-state index is 5.28. The SMILES string of the molecule is CCNCc1cccnc1N(CCOC)C(C)COC. The van der Waals surface area contributed by atoms with Gasteiger partial charge in [0.05, 0.1) is 19.3 Å².